The average molecular weight is 358 g/mol. The number of benzene rings is 2. The van der Waals surface area contributed by atoms with Crippen LogP contribution in [0.25, 0.3) is 11.1 Å². The van der Waals surface area contributed by atoms with Crippen molar-refractivity contribution in [2.75, 3.05) is 6.61 Å². The van der Waals surface area contributed by atoms with Crippen LogP contribution in [0.4, 0.5) is 0 Å². The lowest BCUT2D eigenvalue weighted by atomic mass is 10.0. The fourth-order valence-electron chi connectivity index (χ4n) is 3.39. The van der Waals surface area contributed by atoms with Gasteiger partial charge in [-0.1, -0.05) is 30.3 Å². The molecular weight excluding hydrogens is 336 g/mol. The van der Waals surface area contributed by atoms with Crippen LogP contribution < -0.4 is 10.1 Å². The predicted octanol–water partition coefficient (Wildman–Crippen LogP) is 4.23. The van der Waals surface area contributed by atoms with Gasteiger partial charge in [0.25, 0.3) is 5.91 Å². The zero-order valence-electron chi connectivity index (χ0n) is 15.6. The van der Waals surface area contributed by atoms with Crippen LogP contribution in [0.15, 0.2) is 54.6 Å². The molecule has 0 atom stereocenters. The van der Waals surface area contributed by atoms with E-state index in [0.29, 0.717) is 12.1 Å². The Kier molecular flexibility index (Phi) is 4.63. The van der Waals surface area contributed by atoms with Crippen molar-refractivity contribution >= 4 is 5.91 Å². The van der Waals surface area contributed by atoms with Crippen molar-refractivity contribution < 1.29 is 9.53 Å². The summed E-state index contributed by atoms with van der Waals surface area (Å²) in [6, 6.07) is 18.3. The second-order valence-corrected chi connectivity index (χ2v) is 6.89. The number of fused-ring (bicyclic) bond motifs is 1. The van der Waals surface area contributed by atoms with Crippen molar-refractivity contribution in [3.05, 3.63) is 82.7 Å². The van der Waals surface area contributed by atoms with Gasteiger partial charge in [-0.2, -0.15) is 0 Å². The maximum absolute atomic E-state index is 12.4. The summed E-state index contributed by atoms with van der Waals surface area (Å²) >= 11 is 0. The Morgan fingerprint density at radius 3 is 2.59 bits per heavy atom. The minimum Gasteiger partial charge on any atom is -0.493 e. The summed E-state index contributed by atoms with van der Waals surface area (Å²) in [6.45, 7) is 5.04. The number of nitrogens with one attached hydrogen (secondary N) is 1. The Hall–Kier alpha value is -3.14. The molecule has 4 heteroatoms. The molecule has 4 nitrogen and oxygen atoms in total. The monoisotopic (exact) mass is 358 g/mol. The van der Waals surface area contributed by atoms with Gasteiger partial charge in [-0.05, 0) is 60.4 Å². The third kappa shape index (κ3) is 3.70. The summed E-state index contributed by atoms with van der Waals surface area (Å²) in [5, 5.41) is 2.97. The molecule has 0 unspecified atom stereocenters. The topological polar surface area (TPSA) is 51.2 Å². The van der Waals surface area contributed by atoms with Gasteiger partial charge in [-0.25, -0.2) is 0 Å². The number of nitrogens with zero attached hydrogens (tertiary/aromatic N) is 1. The number of amides is 1. The molecule has 1 N–H and O–H groups in total. The van der Waals surface area contributed by atoms with Gasteiger partial charge in [0, 0.05) is 18.7 Å². The Morgan fingerprint density at radius 2 is 1.81 bits per heavy atom. The van der Waals surface area contributed by atoms with Crippen LogP contribution in [0.2, 0.25) is 0 Å². The molecule has 27 heavy (non-hydrogen) atoms. The van der Waals surface area contributed by atoms with Crippen LogP contribution in [-0.2, 0) is 13.0 Å². The fraction of sp³-hybridized carbons (Fsp3) is 0.217. The molecule has 3 aromatic rings. The minimum absolute atomic E-state index is 0.0947. The Morgan fingerprint density at radius 1 is 1.04 bits per heavy atom. The highest BCUT2D eigenvalue weighted by Gasteiger charge is 2.13. The molecule has 1 aliphatic rings. The van der Waals surface area contributed by atoms with Crippen molar-refractivity contribution in [1.29, 1.82) is 0 Å². The first kappa shape index (κ1) is 17.3. The van der Waals surface area contributed by atoms with Crippen molar-refractivity contribution in [3.63, 3.8) is 0 Å². The van der Waals surface area contributed by atoms with E-state index in [-0.39, 0.29) is 5.91 Å². The van der Waals surface area contributed by atoms with Gasteiger partial charge in [-0.15, -0.1) is 0 Å². The zero-order chi connectivity index (χ0) is 18.8. The number of rotatable bonds is 4. The van der Waals surface area contributed by atoms with E-state index in [9.17, 15) is 4.79 Å². The van der Waals surface area contributed by atoms with Gasteiger partial charge < -0.3 is 10.1 Å². The summed E-state index contributed by atoms with van der Waals surface area (Å²) in [4.78, 5) is 16.7. The van der Waals surface area contributed by atoms with E-state index in [1.54, 1.807) is 0 Å². The number of aromatic nitrogens is 1. The van der Waals surface area contributed by atoms with E-state index < -0.39 is 0 Å². The Bertz CT molecular complexity index is 994. The maximum atomic E-state index is 12.4. The van der Waals surface area contributed by atoms with Crippen molar-refractivity contribution in [2.45, 2.75) is 26.8 Å². The molecule has 0 radical (unpaired) electrons. The number of hydrogen-bond donors (Lipinski definition) is 1. The van der Waals surface area contributed by atoms with Crippen LogP contribution >= 0.6 is 0 Å². The van der Waals surface area contributed by atoms with Crippen molar-refractivity contribution in [2.24, 2.45) is 0 Å². The van der Waals surface area contributed by atoms with Gasteiger partial charge in [0.15, 0.2) is 0 Å². The van der Waals surface area contributed by atoms with Crippen LogP contribution in [0, 0.1) is 13.8 Å². The minimum atomic E-state index is -0.0947. The van der Waals surface area contributed by atoms with Gasteiger partial charge in [-0.3, -0.25) is 9.78 Å². The molecule has 0 aliphatic carbocycles. The molecule has 136 valence electrons. The van der Waals surface area contributed by atoms with Crippen LogP contribution in [0.1, 0.15) is 32.9 Å². The number of carbonyl (C=O) groups excluding carboxylic acids is 1. The number of hydrogen-bond acceptors (Lipinski definition) is 3. The van der Waals surface area contributed by atoms with E-state index in [1.165, 1.54) is 16.7 Å². The van der Waals surface area contributed by atoms with Crippen molar-refractivity contribution in [3.8, 4) is 16.9 Å². The predicted molar refractivity (Wildman–Crippen MR) is 106 cm³/mol. The molecule has 2 heterocycles. The zero-order valence-corrected chi connectivity index (χ0v) is 15.6. The molecule has 2 aromatic carbocycles. The van der Waals surface area contributed by atoms with Crippen LogP contribution in [0.5, 0.6) is 5.75 Å². The average Bonchev–Trinajstić information content (AvgIpc) is 3.14. The van der Waals surface area contributed by atoms with E-state index in [0.717, 1.165) is 35.7 Å². The summed E-state index contributed by atoms with van der Waals surface area (Å²) in [7, 11) is 0. The van der Waals surface area contributed by atoms with Gasteiger partial charge in [0.05, 0.1) is 17.9 Å². The summed E-state index contributed by atoms with van der Waals surface area (Å²) in [5.41, 5.74) is 6.98. The largest absolute Gasteiger partial charge is 0.493 e. The lowest BCUT2D eigenvalue weighted by molar-refractivity contribution is 0.0950. The number of aryl methyl sites for hydroxylation is 2. The summed E-state index contributed by atoms with van der Waals surface area (Å²) < 4.78 is 5.57. The highest BCUT2D eigenvalue weighted by atomic mass is 16.5. The SMILES string of the molecule is Cc1ccc(C(=O)NCc2ccc(-c3ccc4c(c3)CCO4)cc2)c(C)n1. The third-order valence-electron chi connectivity index (χ3n) is 4.90. The van der Waals surface area contributed by atoms with Crippen molar-refractivity contribution in [1.82, 2.24) is 10.3 Å². The van der Waals surface area contributed by atoms with E-state index >= 15 is 0 Å². The first-order chi connectivity index (χ1) is 13.1. The first-order valence-electron chi connectivity index (χ1n) is 9.17. The van der Waals surface area contributed by atoms with Gasteiger partial charge in [0.1, 0.15) is 5.75 Å². The van der Waals surface area contributed by atoms with Gasteiger partial charge >= 0.3 is 0 Å². The molecule has 0 fully saturated rings. The molecule has 1 aliphatic heterocycles. The lowest BCUT2D eigenvalue weighted by Gasteiger charge is -2.09. The fourth-order valence-corrected chi connectivity index (χ4v) is 3.39. The number of ether oxygens (including phenoxy) is 1. The van der Waals surface area contributed by atoms with E-state index in [1.807, 2.05) is 32.0 Å². The van der Waals surface area contributed by atoms with Crippen LogP contribution in [-0.4, -0.2) is 17.5 Å². The molecule has 1 aromatic heterocycles. The Balaban J connectivity index is 1.43. The molecule has 0 saturated carbocycles. The van der Waals surface area contributed by atoms with Gasteiger partial charge in [0.2, 0.25) is 0 Å². The number of pyridine rings is 1. The highest BCUT2D eigenvalue weighted by Crippen LogP contribution is 2.30. The molecule has 1 amide bonds. The molecular formula is C23H22N2O2. The highest BCUT2D eigenvalue weighted by molar-refractivity contribution is 5.95. The maximum Gasteiger partial charge on any atom is 0.253 e. The molecule has 0 spiro atoms. The second-order valence-electron chi connectivity index (χ2n) is 6.89. The third-order valence-corrected chi connectivity index (χ3v) is 4.90. The summed E-state index contributed by atoms with van der Waals surface area (Å²) in [5.74, 6) is 0.904. The standard InChI is InChI=1S/C23H22N2O2/c1-15-3-9-21(16(2)25-15)23(26)24-14-17-4-6-18(7-5-17)19-8-10-22-20(13-19)11-12-27-22/h3-10,13H,11-12,14H2,1-2H3,(H,24,26). The van der Waals surface area contributed by atoms with E-state index in [2.05, 4.69) is 46.7 Å². The quantitative estimate of drug-likeness (QED) is 0.759. The normalized spacial score (nSPS) is 12.4. The molecule has 4 rings (SSSR count). The van der Waals surface area contributed by atoms with Crippen LogP contribution in [0.3, 0.4) is 0 Å². The first-order valence-corrected chi connectivity index (χ1v) is 9.17. The second kappa shape index (κ2) is 7.23. The smallest absolute Gasteiger partial charge is 0.253 e. The Labute approximate surface area is 159 Å². The summed E-state index contributed by atoms with van der Waals surface area (Å²) in [6.07, 6.45) is 0.973. The lowest BCUT2D eigenvalue weighted by Crippen LogP contribution is -2.24. The molecule has 0 bridgehead atoms. The van der Waals surface area contributed by atoms with E-state index in [4.69, 9.17) is 4.74 Å². The number of carbonyl (C=O) groups is 1. The molecule has 0 saturated heterocycles.